The Morgan fingerprint density at radius 2 is 2.50 bits per heavy atom. The standard InChI is InChI=1S/C5H9NO2/c1-2-3-5(7)4-6-8/h4,8H,2-3H2,1H3/b6-4-. The van der Waals surface area contributed by atoms with E-state index in [4.69, 9.17) is 5.21 Å². The van der Waals surface area contributed by atoms with Crippen molar-refractivity contribution in [3.63, 3.8) is 0 Å². The van der Waals surface area contributed by atoms with E-state index in [0.29, 0.717) is 6.42 Å². The van der Waals surface area contributed by atoms with Crippen LogP contribution in [0.15, 0.2) is 5.16 Å². The molecule has 0 aromatic heterocycles. The molecule has 0 heterocycles. The van der Waals surface area contributed by atoms with Crippen LogP contribution in [0.4, 0.5) is 0 Å². The fourth-order valence-corrected chi connectivity index (χ4v) is 0.375. The van der Waals surface area contributed by atoms with Crippen LogP contribution in [-0.4, -0.2) is 17.2 Å². The van der Waals surface area contributed by atoms with Crippen molar-refractivity contribution in [3.05, 3.63) is 0 Å². The minimum atomic E-state index is -0.130. The zero-order chi connectivity index (χ0) is 6.41. The lowest BCUT2D eigenvalue weighted by atomic mass is 10.2. The third-order valence-electron chi connectivity index (χ3n) is 0.698. The summed E-state index contributed by atoms with van der Waals surface area (Å²) in [6.07, 6.45) is 2.18. The number of carbonyl (C=O) groups is 1. The van der Waals surface area contributed by atoms with Crippen LogP contribution in [-0.2, 0) is 4.79 Å². The molecule has 0 radical (unpaired) electrons. The lowest BCUT2D eigenvalue weighted by molar-refractivity contribution is -0.112. The topological polar surface area (TPSA) is 49.7 Å². The fraction of sp³-hybridized carbons (Fsp3) is 0.600. The van der Waals surface area contributed by atoms with Crippen LogP contribution in [0.5, 0.6) is 0 Å². The molecule has 0 rings (SSSR count). The number of hydrogen-bond acceptors (Lipinski definition) is 3. The molecule has 3 heteroatoms. The van der Waals surface area contributed by atoms with Gasteiger partial charge in [0.05, 0.1) is 0 Å². The smallest absolute Gasteiger partial charge is 0.177 e. The van der Waals surface area contributed by atoms with Gasteiger partial charge in [0.25, 0.3) is 0 Å². The van der Waals surface area contributed by atoms with Crippen LogP contribution in [0.2, 0.25) is 0 Å². The largest absolute Gasteiger partial charge is 0.411 e. The highest BCUT2D eigenvalue weighted by Gasteiger charge is 1.91. The lowest BCUT2D eigenvalue weighted by Gasteiger charge is -1.83. The van der Waals surface area contributed by atoms with Gasteiger partial charge in [-0.15, -0.1) is 0 Å². The molecule has 1 N–H and O–H groups in total. The van der Waals surface area contributed by atoms with Crippen molar-refractivity contribution in [1.29, 1.82) is 0 Å². The van der Waals surface area contributed by atoms with Gasteiger partial charge in [-0.1, -0.05) is 12.1 Å². The first-order valence-electron chi connectivity index (χ1n) is 2.51. The van der Waals surface area contributed by atoms with Gasteiger partial charge in [-0.2, -0.15) is 0 Å². The summed E-state index contributed by atoms with van der Waals surface area (Å²) in [5.41, 5.74) is 0. The molecular weight excluding hydrogens is 106 g/mol. The molecule has 3 nitrogen and oxygen atoms in total. The molecule has 0 saturated carbocycles. The predicted octanol–water partition coefficient (Wildman–Crippen LogP) is 0.816. The zero-order valence-electron chi connectivity index (χ0n) is 4.79. The predicted molar refractivity (Wildman–Crippen MR) is 30.2 cm³/mol. The number of carbonyl (C=O) groups excluding carboxylic acids is 1. The van der Waals surface area contributed by atoms with Crippen molar-refractivity contribution < 1.29 is 10.0 Å². The molecule has 0 aliphatic carbocycles. The maximum atomic E-state index is 10.3. The quantitative estimate of drug-likeness (QED) is 0.336. The minimum absolute atomic E-state index is 0.130. The van der Waals surface area contributed by atoms with Crippen LogP contribution < -0.4 is 0 Å². The van der Waals surface area contributed by atoms with Crippen molar-refractivity contribution in [2.75, 3.05) is 0 Å². The second-order valence-electron chi connectivity index (χ2n) is 1.46. The highest BCUT2D eigenvalue weighted by molar-refractivity contribution is 6.27. The highest BCUT2D eigenvalue weighted by atomic mass is 16.4. The van der Waals surface area contributed by atoms with E-state index in [-0.39, 0.29) is 5.78 Å². The molecule has 0 fully saturated rings. The van der Waals surface area contributed by atoms with E-state index in [1.807, 2.05) is 6.92 Å². The third-order valence-corrected chi connectivity index (χ3v) is 0.698. The van der Waals surface area contributed by atoms with E-state index >= 15 is 0 Å². The number of ketones is 1. The summed E-state index contributed by atoms with van der Waals surface area (Å²) in [4.78, 5) is 10.3. The van der Waals surface area contributed by atoms with E-state index in [1.165, 1.54) is 0 Å². The summed E-state index contributed by atoms with van der Waals surface area (Å²) in [6, 6.07) is 0. The second kappa shape index (κ2) is 4.30. The number of oxime groups is 1. The van der Waals surface area contributed by atoms with E-state index in [9.17, 15) is 4.79 Å². The van der Waals surface area contributed by atoms with Gasteiger partial charge in [-0.3, -0.25) is 4.79 Å². The van der Waals surface area contributed by atoms with Gasteiger partial charge in [-0.25, -0.2) is 0 Å². The van der Waals surface area contributed by atoms with Crippen LogP contribution in [0.3, 0.4) is 0 Å². The average Bonchev–Trinajstić information content (AvgIpc) is 1.68. The Morgan fingerprint density at radius 3 is 2.88 bits per heavy atom. The Hall–Kier alpha value is -0.860. The average molecular weight is 115 g/mol. The van der Waals surface area contributed by atoms with Gasteiger partial charge in [0.2, 0.25) is 0 Å². The molecule has 0 saturated heterocycles. The van der Waals surface area contributed by atoms with Gasteiger partial charge in [0.15, 0.2) is 5.78 Å². The molecule has 0 atom stereocenters. The maximum absolute atomic E-state index is 10.3. The van der Waals surface area contributed by atoms with Crippen molar-refractivity contribution in [2.45, 2.75) is 19.8 Å². The summed E-state index contributed by atoms with van der Waals surface area (Å²) in [6.45, 7) is 1.89. The van der Waals surface area contributed by atoms with Gasteiger partial charge in [-0.05, 0) is 6.42 Å². The number of rotatable bonds is 3. The highest BCUT2D eigenvalue weighted by Crippen LogP contribution is 1.84. The van der Waals surface area contributed by atoms with E-state index in [2.05, 4.69) is 5.16 Å². The number of Topliss-reactive ketones (excluding diaryl/α,β-unsaturated/α-hetero) is 1. The molecule has 0 aromatic carbocycles. The van der Waals surface area contributed by atoms with Crippen LogP contribution in [0, 0.1) is 0 Å². The fourth-order valence-electron chi connectivity index (χ4n) is 0.375. The molecule has 0 aliphatic heterocycles. The molecule has 0 unspecified atom stereocenters. The molecule has 0 spiro atoms. The minimum Gasteiger partial charge on any atom is -0.411 e. The Labute approximate surface area is 48.0 Å². The van der Waals surface area contributed by atoms with Gasteiger partial charge in [0, 0.05) is 6.42 Å². The Bertz CT molecular complexity index is 98.6. The van der Waals surface area contributed by atoms with Crippen molar-refractivity contribution >= 4 is 12.0 Å². The van der Waals surface area contributed by atoms with Gasteiger partial charge < -0.3 is 5.21 Å². The third kappa shape index (κ3) is 3.33. The monoisotopic (exact) mass is 115 g/mol. The first kappa shape index (κ1) is 7.14. The van der Waals surface area contributed by atoms with E-state index < -0.39 is 0 Å². The molecule has 0 bridgehead atoms. The van der Waals surface area contributed by atoms with Crippen LogP contribution >= 0.6 is 0 Å². The Kier molecular flexibility index (Phi) is 3.84. The van der Waals surface area contributed by atoms with Gasteiger partial charge in [0.1, 0.15) is 6.21 Å². The summed E-state index contributed by atoms with van der Waals surface area (Å²) >= 11 is 0. The molecule has 0 aromatic rings. The van der Waals surface area contributed by atoms with Gasteiger partial charge >= 0.3 is 0 Å². The molecule has 0 amide bonds. The van der Waals surface area contributed by atoms with Crippen molar-refractivity contribution in [2.24, 2.45) is 5.16 Å². The summed E-state index contributed by atoms with van der Waals surface area (Å²) in [5.74, 6) is -0.130. The number of hydrogen-bond donors (Lipinski definition) is 1. The van der Waals surface area contributed by atoms with Crippen LogP contribution in [0.25, 0.3) is 0 Å². The molecule has 8 heavy (non-hydrogen) atoms. The van der Waals surface area contributed by atoms with E-state index in [1.54, 1.807) is 0 Å². The first-order valence-corrected chi connectivity index (χ1v) is 2.51. The lowest BCUT2D eigenvalue weighted by Crippen LogP contribution is -1.96. The first-order chi connectivity index (χ1) is 3.81. The maximum Gasteiger partial charge on any atom is 0.177 e. The van der Waals surface area contributed by atoms with E-state index in [0.717, 1.165) is 12.6 Å². The zero-order valence-corrected chi connectivity index (χ0v) is 4.79. The van der Waals surface area contributed by atoms with Crippen molar-refractivity contribution in [3.8, 4) is 0 Å². The summed E-state index contributed by atoms with van der Waals surface area (Å²) in [7, 11) is 0. The molecule has 46 valence electrons. The molecular formula is C5H9NO2. The Balaban J connectivity index is 3.33. The SMILES string of the molecule is CCCC(=O)/C=N\O. The summed E-state index contributed by atoms with van der Waals surface area (Å²) < 4.78 is 0. The van der Waals surface area contributed by atoms with Crippen molar-refractivity contribution in [1.82, 2.24) is 0 Å². The summed E-state index contributed by atoms with van der Waals surface area (Å²) in [5, 5.41) is 10.4. The number of nitrogens with zero attached hydrogens (tertiary/aromatic N) is 1. The second-order valence-corrected chi connectivity index (χ2v) is 1.46. The molecule has 0 aliphatic rings. The Morgan fingerprint density at radius 1 is 1.88 bits per heavy atom. The van der Waals surface area contributed by atoms with Crippen LogP contribution in [0.1, 0.15) is 19.8 Å². The normalized spacial score (nSPS) is 10.1.